The average Bonchev–Trinajstić information content (AvgIpc) is 2.76. The average molecular weight is 440 g/mol. The van der Waals surface area contributed by atoms with Crippen LogP contribution in [0.2, 0.25) is 0 Å². The van der Waals surface area contributed by atoms with E-state index in [9.17, 15) is 8.42 Å². The molecule has 0 saturated carbocycles. The molecule has 0 radical (unpaired) electrons. The Morgan fingerprint density at radius 2 is 1.65 bits per heavy atom. The van der Waals surface area contributed by atoms with Gasteiger partial charge in [-0.1, -0.05) is 30.3 Å². The van der Waals surface area contributed by atoms with E-state index in [1.165, 1.54) is 0 Å². The molecule has 0 spiro atoms. The lowest BCUT2D eigenvalue weighted by Gasteiger charge is -2.12. The predicted octanol–water partition coefficient (Wildman–Crippen LogP) is 5.41. The number of sulfonamides is 1. The molecule has 162 valence electrons. The molecule has 0 aliphatic carbocycles. The molecule has 8 heteroatoms. The fourth-order valence-electron chi connectivity index (χ4n) is 2.98. The molecule has 0 aliphatic rings. The second-order valence-corrected chi connectivity index (χ2v) is 8.63. The minimum Gasteiger partial charge on any atom is -0.493 e. The van der Waals surface area contributed by atoms with Gasteiger partial charge in [-0.15, -0.1) is 0 Å². The van der Waals surface area contributed by atoms with Gasteiger partial charge in [0.25, 0.3) is 10.0 Å². The first-order valence-electron chi connectivity index (χ1n) is 9.61. The van der Waals surface area contributed by atoms with E-state index < -0.39 is 10.0 Å². The summed E-state index contributed by atoms with van der Waals surface area (Å²) >= 11 is 0. The van der Waals surface area contributed by atoms with Gasteiger partial charge in [0.15, 0.2) is 11.5 Å². The van der Waals surface area contributed by atoms with Crippen LogP contribution >= 0.6 is 0 Å². The number of ether oxygens (including phenoxy) is 2. The van der Waals surface area contributed by atoms with Gasteiger partial charge in [-0.3, -0.25) is 4.72 Å². The highest BCUT2D eigenvalue weighted by Crippen LogP contribution is 2.30. The Hall–Kier alpha value is -3.39. The lowest BCUT2D eigenvalue weighted by molar-refractivity contribution is 0.354. The molecule has 3 aromatic carbocycles. The Labute approximate surface area is 182 Å². The molecule has 0 heterocycles. The van der Waals surface area contributed by atoms with Crippen LogP contribution in [0, 0.1) is 13.8 Å². The highest BCUT2D eigenvalue weighted by atomic mass is 32.2. The molecular formula is C23H25N3O4S. The largest absolute Gasteiger partial charge is 0.493 e. The maximum atomic E-state index is 13.1. The van der Waals surface area contributed by atoms with Crippen LogP contribution in [0.25, 0.3) is 0 Å². The van der Waals surface area contributed by atoms with Crippen molar-refractivity contribution in [2.75, 3.05) is 18.9 Å². The number of rotatable bonds is 8. The van der Waals surface area contributed by atoms with Crippen molar-refractivity contribution in [2.24, 2.45) is 10.2 Å². The molecule has 0 fully saturated rings. The lowest BCUT2D eigenvalue weighted by atomic mass is 10.2. The molecular weight excluding hydrogens is 414 g/mol. The first kappa shape index (κ1) is 22.3. The van der Waals surface area contributed by atoms with Crippen molar-refractivity contribution in [3.05, 3.63) is 77.4 Å². The Morgan fingerprint density at radius 1 is 0.903 bits per heavy atom. The summed E-state index contributed by atoms with van der Waals surface area (Å²) in [4.78, 5) is 0.0758. The minimum atomic E-state index is -3.84. The van der Waals surface area contributed by atoms with E-state index in [0.717, 1.165) is 16.7 Å². The molecule has 1 N–H and O–H groups in total. The van der Waals surface area contributed by atoms with Gasteiger partial charge in [0.1, 0.15) is 10.6 Å². The van der Waals surface area contributed by atoms with Crippen LogP contribution in [0.15, 0.2) is 75.8 Å². The second kappa shape index (κ2) is 9.61. The van der Waals surface area contributed by atoms with Crippen LogP contribution < -0.4 is 14.2 Å². The lowest BCUT2D eigenvalue weighted by Crippen LogP contribution is -2.14. The van der Waals surface area contributed by atoms with E-state index in [0.29, 0.717) is 17.2 Å². The van der Waals surface area contributed by atoms with Crippen molar-refractivity contribution in [3.63, 3.8) is 0 Å². The van der Waals surface area contributed by atoms with Crippen LogP contribution in [0.1, 0.15) is 16.7 Å². The molecule has 0 amide bonds. The molecule has 3 aromatic rings. The van der Waals surface area contributed by atoms with Crippen molar-refractivity contribution < 1.29 is 17.9 Å². The number of nitrogens with one attached hydrogen (secondary N) is 1. The third-order valence-corrected chi connectivity index (χ3v) is 6.07. The number of aryl methyl sites for hydroxylation is 2. The molecule has 0 saturated heterocycles. The van der Waals surface area contributed by atoms with Gasteiger partial charge < -0.3 is 9.47 Å². The first-order valence-corrected chi connectivity index (χ1v) is 11.1. The highest BCUT2D eigenvalue weighted by molar-refractivity contribution is 7.92. The summed E-state index contributed by atoms with van der Waals surface area (Å²) in [6.45, 7) is 3.94. The van der Waals surface area contributed by atoms with Gasteiger partial charge in [0, 0.05) is 0 Å². The van der Waals surface area contributed by atoms with Crippen molar-refractivity contribution in [2.45, 2.75) is 25.3 Å². The minimum absolute atomic E-state index is 0.0758. The summed E-state index contributed by atoms with van der Waals surface area (Å²) in [5.74, 6) is 1.22. The van der Waals surface area contributed by atoms with Gasteiger partial charge in [-0.2, -0.15) is 10.2 Å². The van der Waals surface area contributed by atoms with Crippen LogP contribution in [-0.2, 0) is 16.6 Å². The normalized spacial score (nSPS) is 11.5. The van der Waals surface area contributed by atoms with Crippen LogP contribution in [-0.4, -0.2) is 22.6 Å². The number of anilines is 1. The molecule has 0 aliphatic heterocycles. The van der Waals surface area contributed by atoms with Crippen LogP contribution in [0.3, 0.4) is 0 Å². The number of nitrogens with zero attached hydrogens (tertiary/aromatic N) is 2. The van der Waals surface area contributed by atoms with Gasteiger partial charge >= 0.3 is 0 Å². The molecule has 3 rings (SSSR count). The van der Waals surface area contributed by atoms with Gasteiger partial charge in [-0.05, 0) is 60.9 Å². The Bertz CT molecular complexity index is 1210. The fourth-order valence-corrected chi connectivity index (χ4v) is 4.33. The fraction of sp³-hybridized carbons (Fsp3) is 0.217. The van der Waals surface area contributed by atoms with Crippen molar-refractivity contribution in [3.8, 4) is 11.5 Å². The number of methoxy groups -OCH3 is 2. The van der Waals surface area contributed by atoms with E-state index in [-0.39, 0.29) is 17.1 Å². The van der Waals surface area contributed by atoms with Crippen molar-refractivity contribution in [1.82, 2.24) is 0 Å². The summed E-state index contributed by atoms with van der Waals surface area (Å²) in [6, 6.07) is 17.7. The molecule has 0 unspecified atom stereocenters. The van der Waals surface area contributed by atoms with E-state index in [1.54, 1.807) is 50.6 Å². The third-order valence-electron chi connectivity index (χ3n) is 4.67. The van der Waals surface area contributed by atoms with Gasteiger partial charge in [-0.25, -0.2) is 8.42 Å². The predicted molar refractivity (Wildman–Crippen MR) is 121 cm³/mol. The van der Waals surface area contributed by atoms with E-state index in [1.807, 2.05) is 38.1 Å². The molecule has 0 bridgehead atoms. The van der Waals surface area contributed by atoms with Crippen LogP contribution in [0.5, 0.6) is 11.5 Å². The Kier molecular flexibility index (Phi) is 6.91. The summed E-state index contributed by atoms with van der Waals surface area (Å²) < 4.78 is 39.3. The first-order chi connectivity index (χ1) is 14.8. The van der Waals surface area contributed by atoms with Crippen LogP contribution in [0.4, 0.5) is 11.4 Å². The molecule has 0 atom stereocenters. The second-order valence-electron chi connectivity index (χ2n) is 6.98. The highest BCUT2D eigenvalue weighted by Gasteiger charge is 2.20. The number of hydrogen-bond donors (Lipinski definition) is 1. The zero-order valence-corrected chi connectivity index (χ0v) is 18.7. The topological polar surface area (TPSA) is 89.4 Å². The Balaban J connectivity index is 1.87. The smallest absolute Gasteiger partial charge is 0.264 e. The number of benzene rings is 3. The van der Waals surface area contributed by atoms with Crippen molar-refractivity contribution in [1.29, 1.82) is 0 Å². The number of hydrogen-bond acceptors (Lipinski definition) is 6. The quantitative estimate of drug-likeness (QED) is 0.476. The third kappa shape index (κ3) is 5.40. The number of para-hydroxylation sites is 1. The zero-order valence-electron chi connectivity index (χ0n) is 17.9. The maximum Gasteiger partial charge on any atom is 0.264 e. The molecule has 31 heavy (non-hydrogen) atoms. The SMILES string of the molecule is COc1ccc(CN=Nc2ccc(C)cc2S(=O)(=O)Nc2ccccc2C)cc1OC. The van der Waals surface area contributed by atoms with E-state index in [2.05, 4.69) is 15.0 Å². The summed E-state index contributed by atoms with van der Waals surface area (Å²) in [5.41, 5.74) is 3.29. The maximum absolute atomic E-state index is 13.1. The monoisotopic (exact) mass is 439 g/mol. The Morgan fingerprint density at radius 3 is 2.35 bits per heavy atom. The van der Waals surface area contributed by atoms with Gasteiger partial charge in [0.2, 0.25) is 0 Å². The summed E-state index contributed by atoms with van der Waals surface area (Å²) in [7, 11) is -0.709. The molecule has 0 aromatic heterocycles. The number of azo groups is 1. The summed E-state index contributed by atoms with van der Waals surface area (Å²) in [6.07, 6.45) is 0. The zero-order chi connectivity index (χ0) is 22.4. The van der Waals surface area contributed by atoms with Crippen molar-refractivity contribution >= 4 is 21.4 Å². The van der Waals surface area contributed by atoms with E-state index >= 15 is 0 Å². The van der Waals surface area contributed by atoms with Gasteiger partial charge in [0.05, 0.1) is 26.5 Å². The summed E-state index contributed by atoms with van der Waals surface area (Å²) in [5, 5.41) is 8.41. The van der Waals surface area contributed by atoms with E-state index in [4.69, 9.17) is 9.47 Å². The standard InChI is InChI=1S/C23H25N3O4S/c1-16-9-11-20(25-24-15-18-10-12-21(29-3)22(14-18)30-4)23(13-16)31(27,28)26-19-8-6-5-7-17(19)2/h5-14,26H,15H2,1-4H3. The molecule has 7 nitrogen and oxygen atoms in total.